The number of hydrogen-bond acceptors (Lipinski definition) is 2. The van der Waals surface area contributed by atoms with E-state index in [1.54, 1.807) is 0 Å². The van der Waals surface area contributed by atoms with E-state index in [1.165, 1.54) is 0 Å². The third kappa shape index (κ3) is 2.30. The SMILES string of the molecule is O=C(O)CC1CCCC2CCC(=O)NC21. The normalized spacial score (nSPS) is 35.5. The second-order valence-electron chi connectivity index (χ2n) is 4.68. The minimum atomic E-state index is -0.750. The summed E-state index contributed by atoms with van der Waals surface area (Å²) < 4.78 is 0. The molecular weight excluding hydrogens is 194 g/mol. The predicted octanol–water partition coefficient (Wildman–Crippen LogP) is 1.16. The fourth-order valence-corrected chi connectivity index (χ4v) is 2.97. The van der Waals surface area contributed by atoms with Crippen LogP contribution in [0.3, 0.4) is 0 Å². The van der Waals surface area contributed by atoms with Gasteiger partial charge in [-0.1, -0.05) is 6.42 Å². The van der Waals surface area contributed by atoms with E-state index < -0.39 is 5.97 Å². The lowest BCUT2D eigenvalue weighted by Crippen LogP contribution is -2.51. The summed E-state index contributed by atoms with van der Waals surface area (Å²) in [6.07, 6.45) is 4.93. The number of fused-ring (bicyclic) bond motifs is 1. The summed E-state index contributed by atoms with van der Waals surface area (Å²) in [5, 5.41) is 11.8. The van der Waals surface area contributed by atoms with Gasteiger partial charge in [0.15, 0.2) is 0 Å². The summed E-state index contributed by atoms with van der Waals surface area (Å²) in [6, 6.07) is 0.121. The second-order valence-corrected chi connectivity index (χ2v) is 4.68. The molecule has 3 unspecified atom stereocenters. The molecule has 1 amide bonds. The molecule has 2 N–H and O–H groups in total. The average molecular weight is 211 g/mol. The van der Waals surface area contributed by atoms with Gasteiger partial charge in [-0.15, -0.1) is 0 Å². The van der Waals surface area contributed by atoms with E-state index in [2.05, 4.69) is 5.32 Å². The summed E-state index contributed by atoms with van der Waals surface area (Å²) >= 11 is 0. The van der Waals surface area contributed by atoms with Crippen molar-refractivity contribution >= 4 is 11.9 Å². The fourth-order valence-electron chi connectivity index (χ4n) is 2.97. The largest absolute Gasteiger partial charge is 0.481 e. The Labute approximate surface area is 89.0 Å². The highest BCUT2D eigenvalue weighted by molar-refractivity contribution is 5.77. The maximum atomic E-state index is 11.3. The first-order valence-corrected chi connectivity index (χ1v) is 5.68. The first kappa shape index (κ1) is 10.5. The summed E-state index contributed by atoms with van der Waals surface area (Å²) in [6.45, 7) is 0. The number of rotatable bonds is 2. The molecule has 15 heavy (non-hydrogen) atoms. The van der Waals surface area contributed by atoms with Crippen molar-refractivity contribution in [3.63, 3.8) is 0 Å². The van der Waals surface area contributed by atoms with Crippen LogP contribution in [0.4, 0.5) is 0 Å². The van der Waals surface area contributed by atoms with Gasteiger partial charge in [0.2, 0.25) is 5.91 Å². The Kier molecular flexibility index (Phi) is 2.93. The third-order valence-corrected chi connectivity index (χ3v) is 3.67. The summed E-state index contributed by atoms with van der Waals surface area (Å²) in [4.78, 5) is 22.0. The lowest BCUT2D eigenvalue weighted by atomic mass is 9.72. The van der Waals surface area contributed by atoms with Crippen molar-refractivity contribution in [2.24, 2.45) is 11.8 Å². The van der Waals surface area contributed by atoms with E-state index >= 15 is 0 Å². The van der Waals surface area contributed by atoms with Gasteiger partial charge >= 0.3 is 5.97 Å². The van der Waals surface area contributed by atoms with E-state index in [-0.39, 0.29) is 24.3 Å². The highest BCUT2D eigenvalue weighted by atomic mass is 16.4. The molecule has 0 aromatic carbocycles. The molecule has 2 aliphatic rings. The summed E-state index contributed by atoms with van der Waals surface area (Å²) in [7, 11) is 0. The third-order valence-electron chi connectivity index (χ3n) is 3.67. The zero-order valence-electron chi connectivity index (χ0n) is 8.74. The second kappa shape index (κ2) is 4.21. The van der Waals surface area contributed by atoms with Gasteiger partial charge in [-0.3, -0.25) is 9.59 Å². The molecule has 0 aromatic rings. The Morgan fingerprint density at radius 1 is 1.40 bits per heavy atom. The van der Waals surface area contributed by atoms with Crippen molar-refractivity contribution < 1.29 is 14.7 Å². The van der Waals surface area contributed by atoms with Crippen molar-refractivity contribution in [1.29, 1.82) is 0 Å². The Bertz CT molecular complexity index is 277. The van der Waals surface area contributed by atoms with E-state index in [0.29, 0.717) is 12.3 Å². The number of carbonyl (C=O) groups is 2. The summed E-state index contributed by atoms with van der Waals surface area (Å²) in [5.74, 6) is 0.000288. The number of carbonyl (C=O) groups excluding carboxylic acids is 1. The van der Waals surface area contributed by atoms with Gasteiger partial charge in [-0.25, -0.2) is 0 Å². The smallest absolute Gasteiger partial charge is 0.303 e. The molecule has 0 spiro atoms. The van der Waals surface area contributed by atoms with Crippen LogP contribution in [0.2, 0.25) is 0 Å². The molecule has 1 aliphatic carbocycles. The highest BCUT2D eigenvalue weighted by Crippen LogP contribution is 2.36. The molecule has 0 aromatic heterocycles. The molecular formula is C11H17NO3. The van der Waals surface area contributed by atoms with Gasteiger partial charge in [0.1, 0.15) is 0 Å². The Morgan fingerprint density at radius 2 is 2.20 bits per heavy atom. The first-order chi connectivity index (χ1) is 7.16. The van der Waals surface area contributed by atoms with Crippen LogP contribution >= 0.6 is 0 Å². The van der Waals surface area contributed by atoms with Crippen LogP contribution in [-0.2, 0) is 9.59 Å². The average Bonchev–Trinajstić information content (AvgIpc) is 2.18. The van der Waals surface area contributed by atoms with Gasteiger partial charge in [-0.05, 0) is 31.1 Å². The van der Waals surface area contributed by atoms with Gasteiger partial charge in [0, 0.05) is 12.5 Å². The minimum Gasteiger partial charge on any atom is -0.481 e. The monoisotopic (exact) mass is 211 g/mol. The van der Waals surface area contributed by atoms with E-state index in [4.69, 9.17) is 5.11 Å². The highest BCUT2D eigenvalue weighted by Gasteiger charge is 2.37. The first-order valence-electron chi connectivity index (χ1n) is 5.68. The molecule has 4 nitrogen and oxygen atoms in total. The van der Waals surface area contributed by atoms with Crippen molar-refractivity contribution in [2.45, 2.75) is 44.6 Å². The van der Waals surface area contributed by atoms with Crippen molar-refractivity contribution in [1.82, 2.24) is 5.32 Å². The van der Waals surface area contributed by atoms with Crippen LogP contribution in [0, 0.1) is 11.8 Å². The van der Waals surface area contributed by atoms with Crippen LogP contribution in [0.15, 0.2) is 0 Å². The quantitative estimate of drug-likeness (QED) is 0.720. The Morgan fingerprint density at radius 3 is 2.93 bits per heavy atom. The Balaban J connectivity index is 2.03. The molecule has 1 saturated heterocycles. The molecule has 3 atom stereocenters. The van der Waals surface area contributed by atoms with Gasteiger partial charge in [0.25, 0.3) is 0 Å². The number of carboxylic acid groups (broad SMARTS) is 1. The zero-order valence-corrected chi connectivity index (χ0v) is 8.74. The van der Waals surface area contributed by atoms with Crippen LogP contribution in [0.1, 0.15) is 38.5 Å². The molecule has 1 saturated carbocycles. The van der Waals surface area contributed by atoms with E-state index in [0.717, 1.165) is 25.7 Å². The van der Waals surface area contributed by atoms with E-state index in [9.17, 15) is 9.59 Å². The van der Waals surface area contributed by atoms with Crippen molar-refractivity contribution in [3.8, 4) is 0 Å². The van der Waals surface area contributed by atoms with Gasteiger partial charge in [-0.2, -0.15) is 0 Å². The number of piperidine rings is 1. The van der Waals surface area contributed by atoms with Gasteiger partial charge < -0.3 is 10.4 Å². The molecule has 0 bridgehead atoms. The summed E-state index contributed by atoms with van der Waals surface area (Å²) in [5.41, 5.74) is 0. The number of nitrogens with one attached hydrogen (secondary N) is 1. The predicted molar refractivity (Wildman–Crippen MR) is 54.2 cm³/mol. The lowest BCUT2D eigenvalue weighted by Gasteiger charge is -2.41. The molecule has 4 heteroatoms. The number of hydrogen-bond donors (Lipinski definition) is 2. The molecule has 2 fully saturated rings. The Hall–Kier alpha value is -1.06. The number of amides is 1. The molecule has 1 heterocycles. The van der Waals surface area contributed by atoms with Crippen LogP contribution in [0.5, 0.6) is 0 Å². The van der Waals surface area contributed by atoms with Crippen LogP contribution in [-0.4, -0.2) is 23.0 Å². The number of aliphatic carboxylic acids is 1. The van der Waals surface area contributed by atoms with Crippen molar-refractivity contribution in [3.05, 3.63) is 0 Å². The molecule has 84 valence electrons. The fraction of sp³-hybridized carbons (Fsp3) is 0.818. The zero-order chi connectivity index (χ0) is 10.8. The van der Waals surface area contributed by atoms with Crippen LogP contribution < -0.4 is 5.32 Å². The van der Waals surface area contributed by atoms with E-state index in [1.807, 2.05) is 0 Å². The maximum Gasteiger partial charge on any atom is 0.303 e. The standard InChI is InChI=1S/C11H17NO3/c13-9-5-4-7-2-1-3-8(6-10(14)15)11(7)12-9/h7-8,11H,1-6H2,(H,12,13)(H,14,15). The van der Waals surface area contributed by atoms with Gasteiger partial charge in [0.05, 0.1) is 6.42 Å². The topological polar surface area (TPSA) is 66.4 Å². The number of carboxylic acids is 1. The molecule has 2 rings (SSSR count). The molecule has 1 aliphatic heterocycles. The minimum absolute atomic E-state index is 0.0912. The van der Waals surface area contributed by atoms with Crippen molar-refractivity contribution in [2.75, 3.05) is 0 Å². The molecule has 0 radical (unpaired) electrons. The van der Waals surface area contributed by atoms with Crippen LogP contribution in [0.25, 0.3) is 0 Å². The lowest BCUT2D eigenvalue weighted by molar-refractivity contribution is -0.140. The maximum absolute atomic E-state index is 11.3.